The van der Waals surface area contributed by atoms with E-state index in [4.69, 9.17) is 14.7 Å². The summed E-state index contributed by atoms with van der Waals surface area (Å²) < 4.78 is 11.1. The lowest BCUT2D eigenvalue weighted by Crippen LogP contribution is -2.51. The molecule has 1 aromatic carbocycles. The van der Waals surface area contributed by atoms with Gasteiger partial charge in [-0.3, -0.25) is 4.90 Å². The van der Waals surface area contributed by atoms with Gasteiger partial charge in [0.15, 0.2) is 0 Å². The quantitative estimate of drug-likeness (QED) is 0.859. The third-order valence-electron chi connectivity index (χ3n) is 4.76. The van der Waals surface area contributed by atoms with Crippen molar-refractivity contribution < 1.29 is 9.47 Å². The van der Waals surface area contributed by atoms with Crippen LogP contribution in [-0.2, 0) is 16.0 Å². The van der Waals surface area contributed by atoms with Gasteiger partial charge in [0.2, 0.25) is 0 Å². The van der Waals surface area contributed by atoms with Crippen molar-refractivity contribution in [1.82, 2.24) is 10.2 Å². The Morgan fingerprint density at radius 3 is 2.87 bits per heavy atom. The van der Waals surface area contributed by atoms with Crippen LogP contribution in [0.3, 0.4) is 0 Å². The number of nitrogens with one attached hydrogen (secondary N) is 1. The molecule has 5 nitrogen and oxygen atoms in total. The fraction of sp³-hybridized carbons (Fsp3) is 0.611. The summed E-state index contributed by atoms with van der Waals surface area (Å²) in [5, 5.41) is 12.6. The van der Waals surface area contributed by atoms with Crippen LogP contribution in [0, 0.1) is 17.2 Å². The molecule has 3 rings (SSSR count). The highest BCUT2D eigenvalue weighted by molar-refractivity contribution is 5.32. The average Bonchev–Trinajstić information content (AvgIpc) is 3.14. The number of morpholine rings is 1. The topological polar surface area (TPSA) is 57.5 Å². The zero-order chi connectivity index (χ0) is 15.9. The molecule has 0 spiro atoms. The van der Waals surface area contributed by atoms with E-state index in [0.29, 0.717) is 12.0 Å². The number of nitrogens with zero attached hydrogens (tertiary/aromatic N) is 2. The summed E-state index contributed by atoms with van der Waals surface area (Å²) >= 11 is 0. The first kappa shape index (κ1) is 16.4. The zero-order valence-electron chi connectivity index (χ0n) is 13.5. The van der Waals surface area contributed by atoms with E-state index < -0.39 is 0 Å². The van der Waals surface area contributed by atoms with Crippen LogP contribution < -0.4 is 5.32 Å². The van der Waals surface area contributed by atoms with Crippen LogP contribution in [0.4, 0.5) is 0 Å². The summed E-state index contributed by atoms with van der Waals surface area (Å²) in [4.78, 5) is 2.54. The lowest BCUT2D eigenvalue weighted by molar-refractivity contribution is 0.00137. The second-order valence-electron chi connectivity index (χ2n) is 6.28. The summed E-state index contributed by atoms with van der Waals surface area (Å²) in [6.07, 6.45) is 1.15. The molecule has 2 saturated heterocycles. The standard InChI is InChI=1S/C18H25N3O2/c19-11-15-2-1-3-16(10-15)12-20-13-18(17-4-7-23-14-17)21-5-8-22-9-6-21/h1-3,10,17-18,20H,4-9,12-14H2. The van der Waals surface area contributed by atoms with Crippen LogP contribution in [0.15, 0.2) is 24.3 Å². The maximum Gasteiger partial charge on any atom is 0.0991 e. The van der Waals surface area contributed by atoms with Gasteiger partial charge in [0, 0.05) is 44.7 Å². The molecule has 23 heavy (non-hydrogen) atoms. The summed E-state index contributed by atoms with van der Waals surface area (Å²) in [6.45, 7) is 7.17. The predicted octanol–water partition coefficient (Wildman–Crippen LogP) is 1.39. The normalized spacial score (nSPS) is 23.5. The largest absolute Gasteiger partial charge is 0.381 e. The maximum atomic E-state index is 8.99. The first-order chi connectivity index (χ1) is 11.4. The molecular formula is C18H25N3O2. The molecule has 1 aromatic rings. The molecule has 0 aromatic heterocycles. The van der Waals surface area contributed by atoms with Gasteiger partial charge in [-0.05, 0) is 24.1 Å². The Labute approximate surface area is 138 Å². The van der Waals surface area contributed by atoms with E-state index in [1.54, 1.807) is 0 Å². The van der Waals surface area contributed by atoms with Gasteiger partial charge >= 0.3 is 0 Å². The molecule has 1 N–H and O–H groups in total. The smallest absolute Gasteiger partial charge is 0.0991 e. The van der Waals surface area contributed by atoms with Crippen LogP contribution >= 0.6 is 0 Å². The number of nitriles is 1. The van der Waals surface area contributed by atoms with Gasteiger partial charge in [-0.1, -0.05) is 12.1 Å². The van der Waals surface area contributed by atoms with Crippen molar-refractivity contribution in [3.05, 3.63) is 35.4 Å². The Bertz CT molecular complexity index is 531. The lowest BCUT2D eigenvalue weighted by atomic mass is 9.96. The number of rotatable bonds is 6. The van der Waals surface area contributed by atoms with Crippen molar-refractivity contribution in [3.63, 3.8) is 0 Å². The molecule has 2 aliphatic rings. The van der Waals surface area contributed by atoms with E-state index >= 15 is 0 Å². The van der Waals surface area contributed by atoms with Crippen LogP contribution in [0.25, 0.3) is 0 Å². The molecule has 0 aliphatic carbocycles. The maximum absolute atomic E-state index is 8.99. The predicted molar refractivity (Wildman–Crippen MR) is 88.0 cm³/mol. The third kappa shape index (κ3) is 4.52. The Kier molecular flexibility index (Phi) is 6.00. The van der Waals surface area contributed by atoms with Gasteiger partial charge in [-0.25, -0.2) is 0 Å². The molecule has 0 radical (unpaired) electrons. The molecule has 2 atom stereocenters. The highest BCUT2D eigenvalue weighted by Crippen LogP contribution is 2.22. The van der Waals surface area contributed by atoms with Crippen molar-refractivity contribution in [1.29, 1.82) is 5.26 Å². The van der Waals surface area contributed by atoms with Gasteiger partial charge in [0.05, 0.1) is 31.5 Å². The van der Waals surface area contributed by atoms with Crippen LogP contribution in [0.5, 0.6) is 0 Å². The van der Waals surface area contributed by atoms with Gasteiger partial charge in [0.1, 0.15) is 0 Å². The molecule has 0 bridgehead atoms. The van der Waals surface area contributed by atoms with Gasteiger partial charge in [-0.15, -0.1) is 0 Å². The average molecular weight is 315 g/mol. The van der Waals surface area contributed by atoms with Gasteiger partial charge < -0.3 is 14.8 Å². The molecule has 2 unspecified atom stereocenters. The van der Waals surface area contributed by atoms with Crippen molar-refractivity contribution in [2.24, 2.45) is 5.92 Å². The molecule has 5 heteroatoms. The SMILES string of the molecule is N#Cc1cccc(CNCC(C2CCOC2)N2CCOCC2)c1. The Morgan fingerprint density at radius 2 is 2.13 bits per heavy atom. The summed E-state index contributed by atoms with van der Waals surface area (Å²) in [6, 6.07) is 10.5. The minimum atomic E-state index is 0.501. The Hall–Kier alpha value is -1.45. The van der Waals surface area contributed by atoms with E-state index in [2.05, 4.69) is 22.4 Å². The molecular weight excluding hydrogens is 290 g/mol. The van der Waals surface area contributed by atoms with Crippen molar-refractivity contribution in [2.45, 2.75) is 19.0 Å². The highest BCUT2D eigenvalue weighted by Gasteiger charge is 2.31. The molecule has 2 fully saturated rings. The Balaban J connectivity index is 1.56. The minimum absolute atomic E-state index is 0.501. The molecule has 0 amide bonds. The fourth-order valence-electron chi connectivity index (χ4n) is 3.47. The second-order valence-corrected chi connectivity index (χ2v) is 6.28. The van der Waals surface area contributed by atoms with E-state index in [9.17, 15) is 0 Å². The molecule has 2 aliphatic heterocycles. The molecule has 0 saturated carbocycles. The van der Waals surface area contributed by atoms with Crippen LogP contribution in [0.2, 0.25) is 0 Å². The molecule has 2 heterocycles. The second kappa shape index (κ2) is 8.42. The van der Waals surface area contributed by atoms with E-state index in [-0.39, 0.29) is 0 Å². The monoisotopic (exact) mass is 315 g/mol. The minimum Gasteiger partial charge on any atom is -0.381 e. The molecule has 124 valence electrons. The summed E-state index contributed by atoms with van der Waals surface area (Å²) in [5.41, 5.74) is 1.88. The third-order valence-corrected chi connectivity index (χ3v) is 4.76. The Morgan fingerprint density at radius 1 is 1.26 bits per heavy atom. The van der Waals surface area contributed by atoms with Crippen molar-refractivity contribution >= 4 is 0 Å². The number of hydrogen-bond acceptors (Lipinski definition) is 5. The summed E-state index contributed by atoms with van der Waals surface area (Å²) in [5.74, 6) is 0.603. The number of benzene rings is 1. The first-order valence-corrected chi connectivity index (χ1v) is 8.46. The zero-order valence-corrected chi connectivity index (χ0v) is 13.5. The van der Waals surface area contributed by atoms with Crippen LogP contribution in [-0.4, -0.2) is 57.0 Å². The first-order valence-electron chi connectivity index (χ1n) is 8.46. The van der Waals surface area contributed by atoms with Crippen molar-refractivity contribution in [3.8, 4) is 6.07 Å². The van der Waals surface area contributed by atoms with E-state index in [0.717, 1.165) is 70.2 Å². The highest BCUT2D eigenvalue weighted by atomic mass is 16.5. The van der Waals surface area contributed by atoms with E-state index in [1.807, 2.05) is 18.2 Å². The van der Waals surface area contributed by atoms with Gasteiger partial charge in [0.25, 0.3) is 0 Å². The van der Waals surface area contributed by atoms with Crippen molar-refractivity contribution in [2.75, 3.05) is 46.1 Å². The van der Waals surface area contributed by atoms with E-state index in [1.165, 1.54) is 0 Å². The fourth-order valence-corrected chi connectivity index (χ4v) is 3.47. The number of hydrogen-bond donors (Lipinski definition) is 1. The lowest BCUT2D eigenvalue weighted by Gasteiger charge is -2.37. The van der Waals surface area contributed by atoms with Crippen LogP contribution in [0.1, 0.15) is 17.5 Å². The number of ether oxygens (including phenoxy) is 2. The summed E-state index contributed by atoms with van der Waals surface area (Å²) in [7, 11) is 0. The van der Waals surface area contributed by atoms with Gasteiger partial charge in [-0.2, -0.15) is 5.26 Å².